The van der Waals surface area contributed by atoms with E-state index in [4.69, 9.17) is 9.40 Å². The number of thiophene rings is 2. The highest BCUT2D eigenvalue weighted by atomic mass is 32.1. The maximum Gasteiger partial charge on any atom is 0.136 e. The molecule has 0 saturated heterocycles. The number of fused-ring (bicyclic) bond motifs is 12. The van der Waals surface area contributed by atoms with E-state index < -0.39 is 0 Å². The number of hydrogen-bond donors (Lipinski definition) is 0. The predicted octanol–water partition coefficient (Wildman–Crippen LogP) is 18.4. The van der Waals surface area contributed by atoms with Crippen LogP contribution in [0.3, 0.4) is 0 Å². The molecule has 0 aliphatic carbocycles. The number of hydrogen-bond acceptors (Lipinski definition) is 4. The third-order valence-electron chi connectivity index (χ3n) is 13.2. The first-order valence-electron chi connectivity index (χ1n) is 22.0. The molecule has 0 saturated carbocycles. The van der Waals surface area contributed by atoms with E-state index in [1.165, 1.54) is 73.5 Å². The zero-order valence-corrected chi connectivity index (χ0v) is 36.5. The van der Waals surface area contributed by atoms with Gasteiger partial charge in [-0.15, -0.1) is 22.7 Å². The summed E-state index contributed by atoms with van der Waals surface area (Å²) in [4.78, 5) is 5.34. The molecular weight excluding hydrogens is 827 g/mol. The van der Waals surface area contributed by atoms with Gasteiger partial charge in [-0.2, -0.15) is 0 Å². The van der Waals surface area contributed by atoms with Gasteiger partial charge in [0.15, 0.2) is 0 Å². The number of aromatic nitrogens is 1. The number of benzene rings is 10. The third-order valence-corrected chi connectivity index (χ3v) is 15.7. The zero-order valence-electron chi connectivity index (χ0n) is 34.9. The standard InChI is InChI=1S/C61H35NOS2/c1-2-15-36(16-3-1)59-50-35-53-58(49-22-5-9-28-52(49)63-53)56(57(50)48-21-4-8-27-51(48)62-59)38-18-12-17-37(31-38)39-32-40(42-23-13-25-46-44-19-6-10-29-54(44)64-60(42)46)34-41(33-39)43-24-14-26-47-45-20-7-11-30-55(45)65-61(43)47/h1-35H. The molecule has 302 valence electrons. The molecule has 14 rings (SSSR count). The van der Waals surface area contributed by atoms with Crippen LogP contribution in [0.25, 0.3) is 140 Å². The van der Waals surface area contributed by atoms with Crippen molar-refractivity contribution in [3.63, 3.8) is 0 Å². The van der Waals surface area contributed by atoms with Crippen LogP contribution in [0.4, 0.5) is 0 Å². The van der Waals surface area contributed by atoms with Crippen molar-refractivity contribution in [2.24, 2.45) is 0 Å². The first-order valence-corrected chi connectivity index (χ1v) is 23.6. The summed E-state index contributed by atoms with van der Waals surface area (Å²) in [5.41, 5.74) is 14.2. The van der Waals surface area contributed by atoms with Crippen LogP contribution in [-0.4, -0.2) is 4.98 Å². The number of furan rings is 1. The normalized spacial score (nSPS) is 12.0. The second-order valence-electron chi connectivity index (χ2n) is 16.9. The van der Waals surface area contributed by atoms with E-state index in [-0.39, 0.29) is 0 Å². The first kappa shape index (κ1) is 36.6. The molecule has 4 aromatic heterocycles. The monoisotopic (exact) mass is 861 g/mol. The van der Waals surface area contributed by atoms with Gasteiger partial charge in [-0.05, 0) is 93.5 Å². The van der Waals surface area contributed by atoms with Gasteiger partial charge in [0.2, 0.25) is 0 Å². The summed E-state index contributed by atoms with van der Waals surface area (Å²) >= 11 is 3.77. The molecule has 0 atom stereocenters. The van der Waals surface area contributed by atoms with E-state index in [9.17, 15) is 0 Å². The fraction of sp³-hybridized carbons (Fsp3) is 0. The Morgan fingerprint density at radius 3 is 1.55 bits per heavy atom. The number of pyridine rings is 1. The summed E-state index contributed by atoms with van der Waals surface area (Å²) < 4.78 is 12.0. The van der Waals surface area contributed by atoms with Crippen molar-refractivity contribution >= 4 is 107 Å². The van der Waals surface area contributed by atoms with Crippen molar-refractivity contribution in [1.29, 1.82) is 0 Å². The molecule has 0 spiro atoms. The lowest BCUT2D eigenvalue weighted by Gasteiger charge is -2.17. The van der Waals surface area contributed by atoms with Crippen LogP contribution in [0, 0.1) is 0 Å². The van der Waals surface area contributed by atoms with Gasteiger partial charge in [-0.25, -0.2) is 4.98 Å². The van der Waals surface area contributed by atoms with Crippen LogP contribution in [0.1, 0.15) is 0 Å². The molecule has 0 amide bonds. The van der Waals surface area contributed by atoms with Crippen LogP contribution in [0.5, 0.6) is 0 Å². The Morgan fingerprint density at radius 1 is 0.323 bits per heavy atom. The molecular formula is C61H35NOS2. The van der Waals surface area contributed by atoms with E-state index in [2.05, 4.69) is 212 Å². The van der Waals surface area contributed by atoms with Gasteiger partial charge in [0.05, 0.1) is 11.2 Å². The van der Waals surface area contributed by atoms with Crippen molar-refractivity contribution < 1.29 is 4.42 Å². The first-order chi connectivity index (χ1) is 32.2. The Balaban J connectivity index is 1.06. The third kappa shape index (κ3) is 5.68. The quantitative estimate of drug-likeness (QED) is 0.161. The molecule has 0 aliphatic rings. The lowest BCUT2D eigenvalue weighted by atomic mass is 9.87. The number of rotatable bonds is 5. The van der Waals surface area contributed by atoms with E-state index in [1.54, 1.807) is 0 Å². The molecule has 0 bridgehead atoms. The van der Waals surface area contributed by atoms with E-state index in [0.29, 0.717) is 0 Å². The minimum atomic E-state index is 0.852. The Hall–Kier alpha value is -7.89. The topological polar surface area (TPSA) is 26.0 Å². The number of nitrogens with zero attached hydrogens (tertiary/aromatic N) is 1. The van der Waals surface area contributed by atoms with Crippen LogP contribution in [0.2, 0.25) is 0 Å². The highest BCUT2D eigenvalue weighted by Gasteiger charge is 2.23. The van der Waals surface area contributed by atoms with E-state index in [1.807, 2.05) is 22.7 Å². The molecule has 4 heterocycles. The Labute approximate surface area is 381 Å². The van der Waals surface area contributed by atoms with Gasteiger partial charge >= 0.3 is 0 Å². The molecule has 10 aromatic carbocycles. The summed E-state index contributed by atoms with van der Waals surface area (Å²) in [6.07, 6.45) is 0. The minimum Gasteiger partial charge on any atom is -0.456 e. The van der Waals surface area contributed by atoms with E-state index in [0.717, 1.165) is 66.2 Å². The van der Waals surface area contributed by atoms with Gasteiger partial charge in [-0.3, -0.25) is 0 Å². The summed E-state index contributed by atoms with van der Waals surface area (Å²) in [5.74, 6) is 0. The molecule has 14 aromatic rings. The molecule has 0 radical (unpaired) electrons. The smallest absolute Gasteiger partial charge is 0.136 e. The SMILES string of the molecule is c1ccc(-c2nc3ccccc3c3c(-c4cccc(-c5cc(-c6cccc7c6sc6ccccc67)cc(-c6cccc7c6sc6ccccc67)c5)c4)c4c(cc23)oc2ccccc24)cc1. The largest absolute Gasteiger partial charge is 0.456 e. The van der Waals surface area contributed by atoms with E-state index >= 15 is 0 Å². The highest BCUT2D eigenvalue weighted by molar-refractivity contribution is 7.26. The second-order valence-corrected chi connectivity index (χ2v) is 19.0. The van der Waals surface area contributed by atoms with Crippen molar-refractivity contribution in [3.8, 4) is 55.8 Å². The fourth-order valence-electron chi connectivity index (χ4n) is 10.3. The summed E-state index contributed by atoms with van der Waals surface area (Å²) in [6.45, 7) is 0. The van der Waals surface area contributed by atoms with Gasteiger partial charge in [0, 0.05) is 78.4 Å². The maximum absolute atomic E-state index is 6.76. The zero-order chi connectivity index (χ0) is 42.6. The van der Waals surface area contributed by atoms with Crippen LogP contribution < -0.4 is 0 Å². The Bertz CT molecular complexity index is 4120. The number of para-hydroxylation sites is 2. The minimum absolute atomic E-state index is 0.852. The average molecular weight is 862 g/mol. The molecule has 0 N–H and O–H groups in total. The molecule has 4 heteroatoms. The van der Waals surface area contributed by atoms with Crippen LogP contribution in [-0.2, 0) is 0 Å². The molecule has 0 fully saturated rings. The van der Waals surface area contributed by atoms with Crippen molar-refractivity contribution in [1.82, 2.24) is 4.98 Å². The second kappa shape index (κ2) is 14.3. The van der Waals surface area contributed by atoms with Gasteiger partial charge in [-0.1, -0.05) is 158 Å². The van der Waals surface area contributed by atoms with Gasteiger partial charge in [0.1, 0.15) is 11.2 Å². The average Bonchev–Trinajstić information content (AvgIpc) is 4.07. The van der Waals surface area contributed by atoms with Crippen molar-refractivity contribution in [2.45, 2.75) is 0 Å². The summed E-state index contributed by atoms with van der Waals surface area (Å²) in [7, 11) is 0. The predicted molar refractivity (Wildman–Crippen MR) is 279 cm³/mol. The highest BCUT2D eigenvalue weighted by Crippen LogP contribution is 2.49. The summed E-state index contributed by atoms with van der Waals surface area (Å²) in [6, 6.07) is 77.4. The van der Waals surface area contributed by atoms with Gasteiger partial charge < -0.3 is 4.42 Å². The molecule has 0 unspecified atom stereocenters. The van der Waals surface area contributed by atoms with Crippen molar-refractivity contribution in [2.75, 3.05) is 0 Å². The van der Waals surface area contributed by atoms with Crippen LogP contribution in [0.15, 0.2) is 217 Å². The fourth-order valence-corrected chi connectivity index (χ4v) is 12.8. The van der Waals surface area contributed by atoms with Crippen molar-refractivity contribution in [3.05, 3.63) is 212 Å². The Kier molecular flexibility index (Phi) is 8.06. The summed E-state index contributed by atoms with van der Waals surface area (Å²) in [5, 5.41) is 10.8. The lowest BCUT2D eigenvalue weighted by Crippen LogP contribution is -1.93. The Morgan fingerprint density at radius 2 is 0.846 bits per heavy atom. The molecule has 0 aliphatic heterocycles. The lowest BCUT2D eigenvalue weighted by molar-refractivity contribution is 0.669. The maximum atomic E-state index is 6.76. The molecule has 2 nitrogen and oxygen atoms in total. The van der Waals surface area contributed by atoms with Gasteiger partial charge in [0.25, 0.3) is 0 Å². The van der Waals surface area contributed by atoms with Crippen LogP contribution >= 0.6 is 22.7 Å². The molecule has 65 heavy (non-hydrogen) atoms.